The number of carbonyl (C=O) groups excluding carboxylic acids is 1. The van der Waals surface area contributed by atoms with Crippen LogP contribution in [0.2, 0.25) is 5.02 Å². The first-order valence-electron chi connectivity index (χ1n) is 7.33. The molecule has 0 radical (unpaired) electrons. The lowest BCUT2D eigenvalue weighted by molar-refractivity contribution is 0.0725. The van der Waals surface area contributed by atoms with Gasteiger partial charge >= 0.3 is 0 Å². The summed E-state index contributed by atoms with van der Waals surface area (Å²) in [6.07, 6.45) is 2.61. The van der Waals surface area contributed by atoms with Gasteiger partial charge in [-0.3, -0.25) is 4.79 Å². The van der Waals surface area contributed by atoms with E-state index in [-0.39, 0.29) is 5.91 Å². The molecule has 0 unspecified atom stereocenters. The molecule has 0 aliphatic carbocycles. The third-order valence-corrected chi connectivity index (χ3v) is 4.57. The smallest absolute Gasteiger partial charge is 0.270 e. The minimum Gasteiger partial charge on any atom is -0.358 e. The summed E-state index contributed by atoms with van der Waals surface area (Å²) in [7, 11) is 1.85. The van der Waals surface area contributed by atoms with Crippen LogP contribution in [-0.4, -0.2) is 26.9 Å². The minimum atomic E-state index is 0.0327. The van der Waals surface area contributed by atoms with Crippen LogP contribution >= 0.6 is 11.6 Å². The number of benzene rings is 1. The Morgan fingerprint density at radius 3 is 2.91 bits per heavy atom. The van der Waals surface area contributed by atoms with Gasteiger partial charge in [0.1, 0.15) is 5.69 Å². The first-order chi connectivity index (χ1) is 10.6. The highest BCUT2D eigenvalue weighted by atomic mass is 35.5. The molecule has 4 rings (SSSR count). The molecule has 0 spiro atoms. The highest BCUT2D eigenvalue weighted by Crippen LogP contribution is 2.28. The summed E-state index contributed by atoms with van der Waals surface area (Å²) in [6.45, 7) is 1.36. The van der Waals surface area contributed by atoms with Gasteiger partial charge in [0.15, 0.2) is 0 Å². The van der Waals surface area contributed by atoms with Crippen molar-refractivity contribution >= 4 is 28.4 Å². The lowest BCUT2D eigenvalue weighted by atomic mass is 10.0. The molecule has 1 N–H and O–H groups in total. The Hall–Kier alpha value is -2.20. The zero-order valence-electron chi connectivity index (χ0n) is 12.3. The van der Waals surface area contributed by atoms with Crippen LogP contribution in [0.15, 0.2) is 36.5 Å². The Balaban J connectivity index is 1.69. The van der Waals surface area contributed by atoms with Gasteiger partial charge in [-0.1, -0.05) is 29.8 Å². The fraction of sp³-hybridized carbons (Fsp3) is 0.235. The Morgan fingerprint density at radius 1 is 1.32 bits per heavy atom. The summed E-state index contributed by atoms with van der Waals surface area (Å²) in [6, 6.07) is 9.98. The number of nitrogens with one attached hydrogen (secondary N) is 1. The second kappa shape index (κ2) is 4.92. The van der Waals surface area contributed by atoms with Crippen molar-refractivity contribution in [1.82, 2.24) is 14.5 Å². The molecule has 0 saturated heterocycles. The Morgan fingerprint density at radius 2 is 2.14 bits per heavy atom. The predicted molar refractivity (Wildman–Crippen MR) is 87.2 cm³/mol. The van der Waals surface area contributed by atoms with Crippen LogP contribution in [0.1, 0.15) is 21.7 Å². The molecule has 0 atom stereocenters. The normalized spacial score (nSPS) is 14.4. The van der Waals surface area contributed by atoms with Crippen LogP contribution in [0.25, 0.3) is 10.9 Å². The van der Waals surface area contributed by atoms with Gasteiger partial charge in [0.05, 0.1) is 5.02 Å². The average molecular weight is 314 g/mol. The summed E-state index contributed by atoms with van der Waals surface area (Å²) in [4.78, 5) is 18.1. The van der Waals surface area contributed by atoms with E-state index < -0.39 is 0 Å². The molecular formula is C17H16ClN3O. The lowest BCUT2D eigenvalue weighted by Crippen LogP contribution is -2.36. The number of rotatable bonds is 1. The molecule has 0 bridgehead atoms. The largest absolute Gasteiger partial charge is 0.358 e. The van der Waals surface area contributed by atoms with E-state index in [2.05, 4.69) is 17.1 Å². The van der Waals surface area contributed by atoms with Crippen molar-refractivity contribution in [1.29, 1.82) is 0 Å². The van der Waals surface area contributed by atoms with Gasteiger partial charge in [-0.15, -0.1) is 0 Å². The van der Waals surface area contributed by atoms with Crippen molar-refractivity contribution in [2.75, 3.05) is 6.54 Å². The number of aryl methyl sites for hydroxylation is 1. The van der Waals surface area contributed by atoms with E-state index in [9.17, 15) is 4.79 Å². The standard InChI is InChI=1S/C17H16ClN3O/c1-20-9-11(18)8-16(20)17(22)21-7-6-15-13(10-21)12-4-2-3-5-14(12)19-15/h2-5,8-9,19H,6-7,10H2,1H3. The molecule has 5 heteroatoms. The number of halogens is 1. The summed E-state index contributed by atoms with van der Waals surface area (Å²) in [5.74, 6) is 0.0327. The zero-order chi connectivity index (χ0) is 15.3. The maximum Gasteiger partial charge on any atom is 0.270 e. The topological polar surface area (TPSA) is 41.0 Å². The number of fused-ring (bicyclic) bond motifs is 3. The molecule has 1 aliphatic rings. The van der Waals surface area contributed by atoms with E-state index in [0.29, 0.717) is 17.3 Å². The number of hydrogen-bond donors (Lipinski definition) is 1. The number of hydrogen-bond acceptors (Lipinski definition) is 1. The first-order valence-corrected chi connectivity index (χ1v) is 7.71. The number of amides is 1. The lowest BCUT2D eigenvalue weighted by Gasteiger charge is -2.27. The van der Waals surface area contributed by atoms with Gasteiger partial charge in [0, 0.05) is 54.9 Å². The third kappa shape index (κ3) is 2.03. The van der Waals surface area contributed by atoms with Crippen molar-refractivity contribution in [2.45, 2.75) is 13.0 Å². The zero-order valence-corrected chi connectivity index (χ0v) is 13.0. The highest BCUT2D eigenvalue weighted by Gasteiger charge is 2.26. The first kappa shape index (κ1) is 13.5. The maximum atomic E-state index is 12.7. The summed E-state index contributed by atoms with van der Waals surface area (Å²) in [5, 5.41) is 1.80. The van der Waals surface area contributed by atoms with Gasteiger partial charge < -0.3 is 14.5 Å². The van der Waals surface area contributed by atoms with Crippen molar-refractivity contribution < 1.29 is 4.79 Å². The molecule has 112 valence electrons. The Labute approximate surface area is 133 Å². The van der Waals surface area contributed by atoms with E-state index in [4.69, 9.17) is 11.6 Å². The number of aromatic nitrogens is 2. The number of H-pyrrole nitrogens is 1. The molecular weight excluding hydrogens is 298 g/mol. The van der Waals surface area contributed by atoms with Crippen LogP contribution in [0, 0.1) is 0 Å². The average Bonchev–Trinajstić information content (AvgIpc) is 3.05. The van der Waals surface area contributed by atoms with Gasteiger partial charge in [-0.25, -0.2) is 0 Å². The SMILES string of the molecule is Cn1cc(Cl)cc1C(=O)N1CCc2[nH]c3ccccc3c2C1. The van der Waals surface area contributed by atoms with Crippen molar-refractivity contribution in [2.24, 2.45) is 7.05 Å². The van der Waals surface area contributed by atoms with Crippen LogP contribution in [0.4, 0.5) is 0 Å². The van der Waals surface area contributed by atoms with Crippen LogP contribution in [0.5, 0.6) is 0 Å². The monoisotopic (exact) mass is 313 g/mol. The molecule has 3 heterocycles. The fourth-order valence-corrected chi connectivity index (χ4v) is 3.49. The maximum absolute atomic E-state index is 12.7. The molecule has 3 aromatic rings. The number of carbonyl (C=O) groups is 1. The van der Waals surface area contributed by atoms with Gasteiger partial charge in [-0.2, -0.15) is 0 Å². The van der Waals surface area contributed by atoms with Crippen LogP contribution < -0.4 is 0 Å². The van der Waals surface area contributed by atoms with Gasteiger partial charge in [0.25, 0.3) is 5.91 Å². The number of para-hydroxylation sites is 1. The Bertz CT molecular complexity index is 877. The molecule has 1 aliphatic heterocycles. The van der Waals surface area contributed by atoms with E-state index >= 15 is 0 Å². The number of nitrogens with zero attached hydrogens (tertiary/aromatic N) is 2. The van der Waals surface area contributed by atoms with Crippen LogP contribution in [0.3, 0.4) is 0 Å². The number of aromatic amines is 1. The van der Waals surface area contributed by atoms with E-state index in [1.54, 1.807) is 16.8 Å². The van der Waals surface area contributed by atoms with Crippen molar-refractivity contribution in [3.05, 3.63) is 58.5 Å². The molecule has 1 aromatic carbocycles. The van der Waals surface area contributed by atoms with Gasteiger partial charge in [0.2, 0.25) is 0 Å². The quantitative estimate of drug-likeness (QED) is 0.735. The van der Waals surface area contributed by atoms with E-state index in [1.807, 2.05) is 24.1 Å². The second-order valence-electron chi connectivity index (χ2n) is 5.76. The molecule has 1 amide bonds. The van der Waals surface area contributed by atoms with Crippen molar-refractivity contribution in [3.63, 3.8) is 0 Å². The molecule has 2 aromatic heterocycles. The van der Waals surface area contributed by atoms with Crippen LogP contribution in [-0.2, 0) is 20.0 Å². The summed E-state index contributed by atoms with van der Waals surface area (Å²) >= 11 is 5.99. The predicted octanol–water partition coefficient (Wildman–Crippen LogP) is 3.36. The minimum absolute atomic E-state index is 0.0327. The second-order valence-corrected chi connectivity index (χ2v) is 6.20. The van der Waals surface area contributed by atoms with Crippen molar-refractivity contribution in [3.8, 4) is 0 Å². The van der Waals surface area contributed by atoms with Gasteiger partial charge in [-0.05, 0) is 12.1 Å². The summed E-state index contributed by atoms with van der Waals surface area (Å²) in [5.41, 5.74) is 4.25. The third-order valence-electron chi connectivity index (χ3n) is 4.36. The van der Waals surface area contributed by atoms with E-state index in [0.717, 1.165) is 18.5 Å². The summed E-state index contributed by atoms with van der Waals surface area (Å²) < 4.78 is 1.79. The molecule has 0 saturated carbocycles. The Kier molecular flexibility index (Phi) is 3.01. The fourth-order valence-electron chi connectivity index (χ4n) is 3.24. The molecule has 4 nitrogen and oxygen atoms in total. The molecule has 22 heavy (non-hydrogen) atoms. The molecule has 0 fully saturated rings. The van der Waals surface area contributed by atoms with E-state index in [1.165, 1.54) is 16.6 Å². The highest BCUT2D eigenvalue weighted by molar-refractivity contribution is 6.31.